The molecule has 0 fully saturated rings. The Bertz CT molecular complexity index is 1070. The molecule has 172 valence electrons. The summed E-state index contributed by atoms with van der Waals surface area (Å²) in [4.78, 5) is 27.8. The number of benzene rings is 3. The monoisotopic (exact) mass is 596 g/mol. The summed E-state index contributed by atoms with van der Waals surface area (Å²) in [5.41, 5.74) is 1.50. The molecule has 8 heteroatoms. The lowest BCUT2D eigenvalue weighted by atomic mass is 10.0. The number of carbonyl (C=O) groups is 2. The van der Waals surface area contributed by atoms with Gasteiger partial charge in [0, 0.05) is 39.2 Å². The number of hydrogen-bond donors (Lipinski definition) is 1. The van der Waals surface area contributed by atoms with Gasteiger partial charge in [-0.15, -0.1) is 0 Å². The van der Waals surface area contributed by atoms with Crippen molar-refractivity contribution < 1.29 is 14.3 Å². The second kappa shape index (κ2) is 12.3. The fourth-order valence-electron chi connectivity index (χ4n) is 3.33. The first-order valence-corrected chi connectivity index (χ1v) is 12.1. The van der Waals surface area contributed by atoms with Crippen molar-refractivity contribution in [2.75, 3.05) is 13.7 Å². The number of rotatable bonds is 9. The lowest BCUT2D eigenvalue weighted by Crippen LogP contribution is -2.51. The van der Waals surface area contributed by atoms with Gasteiger partial charge in [0.05, 0.1) is 0 Å². The van der Waals surface area contributed by atoms with Crippen LogP contribution in [0.5, 0.6) is 5.75 Å². The minimum Gasteiger partial charge on any atom is -0.484 e. The number of carbonyl (C=O) groups excluding carboxylic acids is 2. The summed E-state index contributed by atoms with van der Waals surface area (Å²) in [5.74, 6) is -0.0715. The third-order valence-electron chi connectivity index (χ3n) is 5.08. The second-order valence-corrected chi connectivity index (χ2v) is 9.34. The first kappa shape index (κ1) is 25.3. The molecular formula is C25H23Cl2IN2O3. The molecule has 0 radical (unpaired) electrons. The van der Waals surface area contributed by atoms with Crippen LogP contribution in [-0.2, 0) is 22.6 Å². The predicted octanol–water partition coefficient (Wildman–Crippen LogP) is 5.36. The predicted molar refractivity (Wildman–Crippen MR) is 140 cm³/mol. The van der Waals surface area contributed by atoms with Gasteiger partial charge in [-0.25, -0.2) is 0 Å². The minimum absolute atomic E-state index is 0.0678. The van der Waals surface area contributed by atoms with Crippen molar-refractivity contribution in [3.63, 3.8) is 0 Å². The molecule has 5 nitrogen and oxygen atoms in total. The van der Waals surface area contributed by atoms with Crippen LogP contribution >= 0.6 is 45.8 Å². The van der Waals surface area contributed by atoms with E-state index in [-0.39, 0.29) is 25.0 Å². The van der Waals surface area contributed by atoms with E-state index in [1.54, 1.807) is 37.4 Å². The molecule has 0 aliphatic heterocycles. The van der Waals surface area contributed by atoms with Crippen LogP contribution in [0.3, 0.4) is 0 Å². The van der Waals surface area contributed by atoms with E-state index in [0.29, 0.717) is 27.8 Å². The SMILES string of the molecule is CNC(=O)C(Cc1ccccc1)N(Cc1c(Cl)cccc1Cl)C(=O)COc1ccc(I)cc1. The molecule has 3 aromatic carbocycles. The summed E-state index contributed by atoms with van der Waals surface area (Å²) in [6.07, 6.45) is 0.331. The van der Waals surface area contributed by atoms with Crippen LogP contribution in [0.15, 0.2) is 72.8 Å². The Hall–Kier alpha value is -2.29. The molecule has 0 saturated carbocycles. The van der Waals surface area contributed by atoms with E-state index in [4.69, 9.17) is 27.9 Å². The summed E-state index contributed by atoms with van der Waals surface area (Å²) < 4.78 is 6.78. The summed E-state index contributed by atoms with van der Waals surface area (Å²) in [6, 6.07) is 21.3. The topological polar surface area (TPSA) is 58.6 Å². The molecular weight excluding hydrogens is 574 g/mol. The number of nitrogens with zero attached hydrogens (tertiary/aromatic N) is 1. The van der Waals surface area contributed by atoms with Gasteiger partial charge in [0.2, 0.25) is 5.91 Å². The normalized spacial score (nSPS) is 11.5. The van der Waals surface area contributed by atoms with Crippen molar-refractivity contribution in [1.82, 2.24) is 10.2 Å². The molecule has 1 unspecified atom stereocenters. The number of likely N-dealkylation sites (N-methyl/N-ethyl adjacent to an activating group) is 1. The van der Waals surface area contributed by atoms with Gasteiger partial charge in [-0.2, -0.15) is 0 Å². The average Bonchev–Trinajstić information content (AvgIpc) is 2.82. The van der Waals surface area contributed by atoms with Crippen molar-refractivity contribution >= 4 is 57.6 Å². The Kier molecular flexibility index (Phi) is 9.41. The Morgan fingerprint density at radius 2 is 1.61 bits per heavy atom. The molecule has 1 N–H and O–H groups in total. The van der Waals surface area contributed by atoms with E-state index >= 15 is 0 Å². The molecule has 3 aromatic rings. The van der Waals surface area contributed by atoms with Crippen LogP contribution in [0.25, 0.3) is 0 Å². The minimum atomic E-state index is -0.780. The molecule has 0 aliphatic carbocycles. The zero-order chi connectivity index (χ0) is 23.8. The highest BCUT2D eigenvalue weighted by molar-refractivity contribution is 14.1. The highest BCUT2D eigenvalue weighted by Gasteiger charge is 2.31. The number of ether oxygens (including phenoxy) is 1. The Morgan fingerprint density at radius 3 is 2.21 bits per heavy atom. The summed E-state index contributed by atoms with van der Waals surface area (Å²) in [7, 11) is 1.55. The molecule has 3 rings (SSSR count). The largest absolute Gasteiger partial charge is 0.484 e. The van der Waals surface area contributed by atoms with Crippen LogP contribution in [0.4, 0.5) is 0 Å². The van der Waals surface area contributed by atoms with Crippen molar-refractivity contribution in [3.8, 4) is 5.75 Å². The van der Waals surface area contributed by atoms with E-state index in [1.807, 2.05) is 42.5 Å². The quantitative estimate of drug-likeness (QED) is 0.338. The maximum Gasteiger partial charge on any atom is 0.261 e. The molecule has 0 spiro atoms. The van der Waals surface area contributed by atoms with Gasteiger partial charge < -0.3 is 15.0 Å². The molecule has 2 amide bonds. The number of halogens is 3. The van der Waals surface area contributed by atoms with Gasteiger partial charge in [0.25, 0.3) is 5.91 Å². The lowest BCUT2D eigenvalue weighted by Gasteiger charge is -2.31. The summed E-state index contributed by atoms with van der Waals surface area (Å²) >= 11 is 15.0. The van der Waals surface area contributed by atoms with E-state index in [9.17, 15) is 9.59 Å². The molecule has 0 saturated heterocycles. The number of hydrogen-bond acceptors (Lipinski definition) is 3. The third kappa shape index (κ3) is 7.09. The molecule has 0 aromatic heterocycles. The zero-order valence-electron chi connectivity index (χ0n) is 17.9. The van der Waals surface area contributed by atoms with E-state index in [0.717, 1.165) is 9.13 Å². The Labute approximate surface area is 217 Å². The van der Waals surface area contributed by atoms with Crippen LogP contribution in [0, 0.1) is 3.57 Å². The van der Waals surface area contributed by atoms with Gasteiger partial charge >= 0.3 is 0 Å². The van der Waals surface area contributed by atoms with Gasteiger partial charge in [0.1, 0.15) is 11.8 Å². The van der Waals surface area contributed by atoms with Crippen molar-refractivity contribution in [2.45, 2.75) is 19.0 Å². The highest BCUT2D eigenvalue weighted by atomic mass is 127. The van der Waals surface area contributed by atoms with Crippen LogP contribution < -0.4 is 10.1 Å². The second-order valence-electron chi connectivity index (χ2n) is 7.28. The van der Waals surface area contributed by atoms with Crippen LogP contribution in [-0.4, -0.2) is 36.4 Å². The lowest BCUT2D eigenvalue weighted by molar-refractivity contribution is -0.142. The smallest absolute Gasteiger partial charge is 0.261 e. The first-order valence-electron chi connectivity index (χ1n) is 10.2. The zero-order valence-corrected chi connectivity index (χ0v) is 21.6. The number of nitrogens with one attached hydrogen (secondary N) is 1. The van der Waals surface area contributed by atoms with E-state index < -0.39 is 6.04 Å². The molecule has 33 heavy (non-hydrogen) atoms. The van der Waals surface area contributed by atoms with Gasteiger partial charge in [0.15, 0.2) is 6.61 Å². The van der Waals surface area contributed by atoms with Crippen molar-refractivity contribution in [2.24, 2.45) is 0 Å². The maximum atomic E-state index is 13.4. The molecule has 1 atom stereocenters. The molecule has 0 bridgehead atoms. The van der Waals surface area contributed by atoms with Crippen LogP contribution in [0.2, 0.25) is 10.0 Å². The fourth-order valence-corrected chi connectivity index (χ4v) is 4.21. The van der Waals surface area contributed by atoms with Gasteiger partial charge in [-0.3, -0.25) is 9.59 Å². The number of amides is 2. The summed E-state index contributed by atoms with van der Waals surface area (Å²) in [6.45, 7) is -0.163. The fraction of sp³-hybridized carbons (Fsp3) is 0.200. The third-order valence-corrected chi connectivity index (χ3v) is 6.51. The van der Waals surface area contributed by atoms with Gasteiger partial charge in [-0.1, -0.05) is 59.6 Å². The van der Waals surface area contributed by atoms with Gasteiger partial charge in [-0.05, 0) is 64.6 Å². The first-order chi connectivity index (χ1) is 15.9. The van der Waals surface area contributed by atoms with E-state index in [2.05, 4.69) is 27.9 Å². The van der Waals surface area contributed by atoms with E-state index in [1.165, 1.54) is 4.90 Å². The highest BCUT2D eigenvalue weighted by Crippen LogP contribution is 2.27. The summed E-state index contributed by atoms with van der Waals surface area (Å²) in [5, 5.41) is 3.53. The molecule has 0 aliphatic rings. The van der Waals surface area contributed by atoms with Crippen molar-refractivity contribution in [1.29, 1.82) is 0 Å². The standard InChI is InChI=1S/C25H23Cl2IN2O3/c1-29-25(32)23(14-17-6-3-2-4-7-17)30(15-20-21(26)8-5-9-22(20)27)24(31)16-33-19-12-10-18(28)11-13-19/h2-13,23H,14-16H2,1H3,(H,29,32). The Morgan fingerprint density at radius 1 is 0.970 bits per heavy atom. The molecule has 0 heterocycles. The van der Waals surface area contributed by atoms with Crippen molar-refractivity contribution in [3.05, 3.63) is 97.5 Å². The average molecular weight is 597 g/mol. The maximum absolute atomic E-state index is 13.4. The van der Waals surface area contributed by atoms with Crippen LogP contribution in [0.1, 0.15) is 11.1 Å². The Balaban J connectivity index is 1.91.